The lowest BCUT2D eigenvalue weighted by Gasteiger charge is -2.17. The van der Waals surface area contributed by atoms with Crippen molar-refractivity contribution in [2.45, 2.75) is 12.8 Å². The van der Waals surface area contributed by atoms with Gasteiger partial charge in [-0.25, -0.2) is 4.99 Å². The molecular formula is C13H16N4S. The molecule has 0 radical (unpaired) electrons. The normalized spacial score (nSPS) is 15.6. The zero-order chi connectivity index (χ0) is 12.8. The zero-order valence-corrected chi connectivity index (χ0v) is 11.2. The Bertz CT molecular complexity index is 472. The van der Waals surface area contributed by atoms with E-state index in [0.29, 0.717) is 5.17 Å². The molecule has 0 saturated carbocycles. The molecule has 0 aromatic heterocycles. The lowest BCUT2D eigenvalue weighted by Crippen LogP contribution is -2.17. The summed E-state index contributed by atoms with van der Waals surface area (Å²) in [5.74, 6) is 0. The number of nitriles is 1. The molecule has 1 fully saturated rings. The quantitative estimate of drug-likeness (QED) is 0.384. The standard InChI is InChI=1S/C13H16N4S/c1-18-13(15-10-14)16-11-5-4-6-12(9-11)17-7-2-3-8-17/h4-6,9H,2-3,7-8H2,1H3,(H,15,16). The summed E-state index contributed by atoms with van der Waals surface area (Å²) in [4.78, 5) is 6.79. The Morgan fingerprint density at radius 3 is 2.89 bits per heavy atom. The van der Waals surface area contributed by atoms with Gasteiger partial charge in [-0.1, -0.05) is 17.8 Å². The maximum atomic E-state index is 8.61. The third-order valence-corrected chi connectivity index (χ3v) is 3.47. The van der Waals surface area contributed by atoms with E-state index in [1.165, 1.54) is 30.3 Å². The van der Waals surface area contributed by atoms with E-state index >= 15 is 0 Å². The number of benzene rings is 1. The minimum atomic E-state index is 0.621. The number of anilines is 1. The monoisotopic (exact) mass is 260 g/mol. The predicted octanol–water partition coefficient (Wildman–Crippen LogP) is 2.71. The molecule has 4 nitrogen and oxygen atoms in total. The number of rotatable bonds is 2. The molecule has 0 spiro atoms. The zero-order valence-electron chi connectivity index (χ0n) is 10.4. The average molecular weight is 260 g/mol. The fraction of sp³-hybridized carbons (Fsp3) is 0.385. The highest BCUT2D eigenvalue weighted by atomic mass is 32.2. The van der Waals surface area contributed by atoms with Crippen molar-refractivity contribution in [3.05, 3.63) is 24.3 Å². The Morgan fingerprint density at radius 1 is 1.44 bits per heavy atom. The highest BCUT2D eigenvalue weighted by molar-refractivity contribution is 8.13. The Kier molecular flexibility index (Phi) is 4.48. The summed E-state index contributed by atoms with van der Waals surface area (Å²) >= 11 is 1.43. The van der Waals surface area contributed by atoms with Crippen LogP contribution in [0, 0.1) is 11.5 Å². The molecule has 0 bridgehead atoms. The van der Waals surface area contributed by atoms with E-state index in [-0.39, 0.29) is 0 Å². The number of thioether (sulfide) groups is 1. The first-order chi connectivity index (χ1) is 8.83. The predicted molar refractivity (Wildman–Crippen MR) is 77.2 cm³/mol. The van der Waals surface area contributed by atoms with Gasteiger partial charge in [-0.05, 0) is 37.3 Å². The van der Waals surface area contributed by atoms with Crippen molar-refractivity contribution in [2.24, 2.45) is 4.99 Å². The summed E-state index contributed by atoms with van der Waals surface area (Å²) in [7, 11) is 0. The Hall–Kier alpha value is -1.67. The molecule has 0 aliphatic carbocycles. The van der Waals surface area contributed by atoms with E-state index in [9.17, 15) is 0 Å². The van der Waals surface area contributed by atoms with Gasteiger partial charge in [0, 0.05) is 18.8 Å². The van der Waals surface area contributed by atoms with Crippen LogP contribution in [0.5, 0.6) is 0 Å². The fourth-order valence-electron chi connectivity index (χ4n) is 2.02. The highest BCUT2D eigenvalue weighted by Crippen LogP contribution is 2.25. The summed E-state index contributed by atoms with van der Waals surface area (Å²) in [5.41, 5.74) is 2.10. The molecule has 0 unspecified atom stereocenters. The van der Waals surface area contributed by atoms with Crippen molar-refractivity contribution in [3.63, 3.8) is 0 Å². The lowest BCUT2D eigenvalue weighted by molar-refractivity contribution is 0.949. The van der Waals surface area contributed by atoms with Gasteiger partial charge < -0.3 is 4.90 Å². The third-order valence-electron chi connectivity index (χ3n) is 2.89. The van der Waals surface area contributed by atoms with E-state index in [0.717, 1.165) is 18.8 Å². The highest BCUT2D eigenvalue weighted by Gasteiger charge is 2.12. The van der Waals surface area contributed by atoms with E-state index in [1.807, 2.05) is 24.6 Å². The maximum Gasteiger partial charge on any atom is 0.183 e. The van der Waals surface area contributed by atoms with Gasteiger partial charge in [0.1, 0.15) is 0 Å². The van der Waals surface area contributed by atoms with E-state index in [1.54, 1.807) is 0 Å². The average Bonchev–Trinajstić information content (AvgIpc) is 2.92. The van der Waals surface area contributed by atoms with E-state index in [2.05, 4.69) is 27.3 Å². The molecule has 1 aliphatic heterocycles. The van der Waals surface area contributed by atoms with Gasteiger partial charge in [-0.15, -0.1) is 0 Å². The summed E-state index contributed by atoms with van der Waals surface area (Å²) in [5, 5.41) is 11.8. The first-order valence-electron chi connectivity index (χ1n) is 5.96. The molecule has 94 valence electrons. The first-order valence-corrected chi connectivity index (χ1v) is 7.19. The Morgan fingerprint density at radius 2 is 2.22 bits per heavy atom. The number of nitrogens with one attached hydrogen (secondary N) is 1. The summed E-state index contributed by atoms with van der Waals surface area (Å²) in [6, 6.07) is 8.15. The molecule has 1 aromatic carbocycles. The van der Waals surface area contributed by atoms with Crippen molar-refractivity contribution in [1.29, 1.82) is 5.26 Å². The van der Waals surface area contributed by atoms with Gasteiger partial charge in [0.15, 0.2) is 11.4 Å². The van der Waals surface area contributed by atoms with Gasteiger partial charge >= 0.3 is 0 Å². The second-order valence-corrected chi connectivity index (χ2v) is 4.87. The van der Waals surface area contributed by atoms with Crippen molar-refractivity contribution < 1.29 is 0 Å². The van der Waals surface area contributed by atoms with E-state index < -0.39 is 0 Å². The van der Waals surface area contributed by atoms with Crippen molar-refractivity contribution in [2.75, 3.05) is 24.2 Å². The van der Waals surface area contributed by atoms with Gasteiger partial charge in [0.2, 0.25) is 0 Å². The molecular weight excluding hydrogens is 244 g/mol. The van der Waals surface area contributed by atoms with Crippen LogP contribution in [0.3, 0.4) is 0 Å². The van der Waals surface area contributed by atoms with Crippen molar-refractivity contribution in [3.8, 4) is 6.19 Å². The lowest BCUT2D eigenvalue weighted by atomic mass is 10.2. The van der Waals surface area contributed by atoms with Crippen LogP contribution in [0.2, 0.25) is 0 Å². The molecule has 18 heavy (non-hydrogen) atoms. The van der Waals surface area contributed by atoms with Gasteiger partial charge in [0.25, 0.3) is 0 Å². The number of amidine groups is 1. The first kappa shape index (κ1) is 12.8. The Balaban J connectivity index is 2.18. The third kappa shape index (κ3) is 3.17. The maximum absolute atomic E-state index is 8.61. The van der Waals surface area contributed by atoms with E-state index in [4.69, 9.17) is 5.26 Å². The minimum absolute atomic E-state index is 0.621. The summed E-state index contributed by atoms with van der Waals surface area (Å²) in [6.45, 7) is 2.25. The summed E-state index contributed by atoms with van der Waals surface area (Å²) in [6.07, 6.45) is 6.32. The number of hydrogen-bond donors (Lipinski definition) is 1. The SMILES string of the molecule is CSC(=Nc1cccc(N2CCCC2)c1)NC#N. The molecule has 1 saturated heterocycles. The van der Waals surface area contributed by atoms with Gasteiger partial charge in [-0.2, -0.15) is 5.26 Å². The van der Waals surface area contributed by atoms with Crippen LogP contribution in [0.25, 0.3) is 0 Å². The van der Waals surface area contributed by atoms with Crippen LogP contribution in [0.1, 0.15) is 12.8 Å². The molecule has 1 heterocycles. The van der Waals surface area contributed by atoms with Crippen LogP contribution in [-0.4, -0.2) is 24.5 Å². The van der Waals surface area contributed by atoms with Crippen LogP contribution >= 0.6 is 11.8 Å². The Labute approximate surface area is 112 Å². The molecule has 2 rings (SSSR count). The smallest absolute Gasteiger partial charge is 0.183 e. The summed E-state index contributed by atoms with van der Waals surface area (Å²) < 4.78 is 0. The molecule has 1 aliphatic rings. The second-order valence-electron chi connectivity index (χ2n) is 4.07. The molecule has 1 aromatic rings. The molecule has 0 atom stereocenters. The molecule has 5 heteroatoms. The van der Waals surface area contributed by atoms with Crippen LogP contribution in [0.15, 0.2) is 29.3 Å². The van der Waals surface area contributed by atoms with Crippen LogP contribution in [0.4, 0.5) is 11.4 Å². The van der Waals surface area contributed by atoms with Crippen molar-refractivity contribution in [1.82, 2.24) is 5.32 Å². The fourth-order valence-corrected chi connectivity index (χ4v) is 2.37. The van der Waals surface area contributed by atoms with Gasteiger partial charge in [0.05, 0.1) is 5.69 Å². The number of hydrogen-bond acceptors (Lipinski definition) is 4. The molecule has 1 N–H and O–H groups in total. The second kappa shape index (κ2) is 6.31. The number of nitrogens with zero attached hydrogens (tertiary/aromatic N) is 3. The van der Waals surface area contributed by atoms with Crippen LogP contribution < -0.4 is 10.2 Å². The number of aliphatic imine (C=N–C) groups is 1. The van der Waals surface area contributed by atoms with Crippen LogP contribution in [-0.2, 0) is 0 Å². The topological polar surface area (TPSA) is 51.4 Å². The molecule has 0 amide bonds. The minimum Gasteiger partial charge on any atom is -0.371 e. The largest absolute Gasteiger partial charge is 0.371 e. The van der Waals surface area contributed by atoms with Gasteiger partial charge in [-0.3, -0.25) is 5.32 Å². The van der Waals surface area contributed by atoms with Crippen molar-refractivity contribution >= 4 is 28.3 Å².